The second kappa shape index (κ2) is 7.31. The van der Waals surface area contributed by atoms with Gasteiger partial charge in [-0.05, 0) is 25.0 Å². The maximum absolute atomic E-state index is 12.6. The average molecular weight is 322 g/mol. The van der Waals surface area contributed by atoms with E-state index < -0.39 is 17.8 Å². The van der Waals surface area contributed by atoms with Crippen molar-refractivity contribution in [3.63, 3.8) is 0 Å². The first kappa shape index (κ1) is 16.4. The summed E-state index contributed by atoms with van der Waals surface area (Å²) in [5.41, 5.74) is 5.63. The molecule has 0 bridgehead atoms. The third kappa shape index (κ3) is 4.00. The van der Waals surface area contributed by atoms with Gasteiger partial charge in [0.1, 0.15) is 0 Å². The number of carbonyl (C=O) groups is 3. The van der Waals surface area contributed by atoms with Crippen LogP contribution in [0, 0.1) is 5.92 Å². The molecular weight excluding hydrogens is 304 g/mol. The van der Waals surface area contributed by atoms with Gasteiger partial charge in [-0.25, -0.2) is 0 Å². The molecule has 1 fully saturated rings. The molecule has 1 aromatic carbocycles. The van der Waals surface area contributed by atoms with Gasteiger partial charge in [-0.1, -0.05) is 12.1 Å². The molecule has 0 aromatic heterocycles. The zero-order valence-electron chi connectivity index (χ0n) is 12.0. The van der Waals surface area contributed by atoms with Crippen molar-refractivity contribution in [3.05, 3.63) is 29.8 Å². The number of likely N-dealkylation sites (tertiary alicyclic amines) is 1. The molecule has 1 heterocycles. The van der Waals surface area contributed by atoms with E-state index >= 15 is 0 Å². The van der Waals surface area contributed by atoms with E-state index in [-0.39, 0.29) is 18.2 Å². The highest BCUT2D eigenvalue weighted by atomic mass is 32.2. The summed E-state index contributed by atoms with van der Waals surface area (Å²) in [6.45, 7) is 0.778. The smallest absolute Gasteiger partial charge is 0.308 e. The lowest BCUT2D eigenvalue weighted by Gasteiger charge is -2.31. The van der Waals surface area contributed by atoms with E-state index in [9.17, 15) is 14.4 Å². The zero-order valence-corrected chi connectivity index (χ0v) is 12.8. The molecule has 2 rings (SSSR count). The molecule has 1 aromatic rings. The lowest BCUT2D eigenvalue weighted by atomic mass is 9.97. The minimum atomic E-state index is -0.867. The Morgan fingerprint density at radius 2 is 2.05 bits per heavy atom. The number of carboxylic acid groups (broad SMARTS) is 1. The number of amides is 2. The molecule has 6 nitrogen and oxygen atoms in total. The molecule has 1 atom stereocenters. The summed E-state index contributed by atoms with van der Waals surface area (Å²) < 4.78 is 0. The normalized spacial score (nSPS) is 18.0. The Morgan fingerprint density at radius 3 is 2.73 bits per heavy atom. The van der Waals surface area contributed by atoms with Gasteiger partial charge in [0.05, 0.1) is 17.2 Å². The predicted molar refractivity (Wildman–Crippen MR) is 82.6 cm³/mol. The van der Waals surface area contributed by atoms with E-state index in [2.05, 4.69) is 0 Å². The van der Waals surface area contributed by atoms with E-state index in [4.69, 9.17) is 10.8 Å². The molecule has 1 saturated heterocycles. The minimum absolute atomic E-state index is 0.0993. The van der Waals surface area contributed by atoms with Gasteiger partial charge in [0.2, 0.25) is 5.91 Å². The third-order valence-electron chi connectivity index (χ3n) is 3.55. The Kier molecular flexibility index (Phi) is 5.43. The van der Waals surface area contributed by atoms with Crippen LogP contribution in [-0.2, 0) is 9.59 Å². The molecule has 7 heteroatoms. The Bertz CT molecular complexity index is 591. The largest absolute Gasteiger partial charge is 0.481 e. The molecule has 118 valence electrons. The molecular formula is C15H18N2O4S. The highest BCUT2D eigenvalue weighted by Gasteiger charge is 2.29. The first-order valence-corrected chi connectivity index (χ1v) is 8.00. The average Bonchev–Trinajstić information content (AvgIpc) is 2.52. The van der Waals surface area contributed by atoms with Crippen molar-refractivity contribution in [3.8, 4) is 0 Å². The summed E-state index contributed by atoms with van der Waals surface area (Å²) >= 11 is 1.22. The number of rotatable bonds is 5. The third-order valence-corrected chi connectivity index (χ3v) is 4.64. The van der Waals surface area contributed by atoms with Crippen molar-refractivity contribution in [1.29, 1.82) is 0 Å². The zero-order chi connectivity index (χ0) is 16.1. The van der Waals surface area contributed by atoms with Crippen LogP contribution in [0.25, 0.3) is 0 Å². The van der Waals surface area contributed by atoms with Crippen LogP contribution in [0.4, 0.5) is 0 Å². The Morgan fingerprint density at radius 1 is 1.32 bits per heavy atom. The topological polar surface area (TPSA) is 101 Å². The second-order valence-electron chi connectivity index (χ2n) is 5.18. The Balaban J connectivity index is 2.15. The van der Waals surface area contributed by atoms with Crippen molar-refractivity contribution in [2.75, 3.05) is 18.8 Å². The summed E-state index contributed by atoms with van der Waals surface area (Å²) in [6.07, 6.45) is 1.27. The number of aliphatic carboxylic acids is 1. The fourth-order valence-electron chi connectivity index (χ4n) is 2.45. The molecule has 0 saturated carbocycles. The molecule has 0 unspecified atom stereocenters. The lowest BCUT2D eigenvalue weighted by molar-refractivity contribution is -0.143. The van der Waals surface area contributed by atoms with Crippen LogP contribution >= 0.6 is 11.8 Å². The van der Waals surface area contributed by atoms with Gasteiger partial charge in [-0.15, -0.1) is 11.8 Å². The highest BCUT2D eigenvalue weighted by molar-refractivity contribution is 8.00. The van der Waals surface area contributed by atoms with Gasteiger partial charge in [-0.2, -0.15) is 0 Å². The van der Waals surface area contributed by atoms with E-state index in [1.807, 2.05) is 0 Å². The summed E-state index contributed by atoms with van der Waals surface area (Å²) in [5, 5.41) is 9.11. The maximum Gasteiger partial charge on any atom is 0.308 e. The van der Waals surface area contributed by atoms with Crippen molar-refractivity contribution >= 4 is 29.5 Å². The van der Waals surface area contributed by atoms with Crippen LogP contribution in [0.5, 0.6) is 0 Å². The number of carbonyl (C=O) groups excluding carboxylic acids is 2. The minimum Gasteiger partial charge on any atom is -0.481 e. The Hall–Kier alpha value is -2.02. The fourth-order valence-corrected chi connectivity index (χ4v) is 3.23. The van der Waals surface area contributed by atoms with Crippen molar-refractivity contribution < 1.29 is 19.5 Å². The van der Waals surface area contributed by atoms with Crippen LogP contribution in [0.2, 0.25) is 0 Å². The van der Waals surface area contributed by atoms with Gasteiger partial charge in [0, 0.05) is 18.0 Å². The lowest BCUT2D eigenvalue weighted by Crippen LogP contribution is -2.42. The van der Waals surface area contributed by atoms with Crippen LogP contribution in [0.15, 0.2) is 29.2 Å². The number of nitrogens with zero attached hydrogens (tertiary/aromatic N) is 1. The Labute approximate surface area is 132 Å². The summed E-state index contributed by atoms with van der Waals surface area (Å²) in [6, 6.07) is 6.99. The molecule has 22 heavy (non-hydrogen) atoms. The van der Waals surface area contributed by atoms with Crippen molar-refractivity contribution in [1.82, 2.24) is 4.90 Å². The molecule has 0 aliphatic carbocycles. The predicted octanol–water partition coefficient (Wildman–Crippen LogP) is 1.20. The van der Waals surface area contributed by atoms with Crippen LogP contribution in [0.3, 0.4) is 0 Å². The van der Waals surface area contributed by atoms with Crippen molar-refractivity contribution in [2.45, 2.75) is 17.7 Å². The van der Waals surface area contributed by atoms with Gasteiger partial charge < -0.3 is 15.7 Å². The first-order valence-electron chi connectivity index (χ1n) is 7.01. The standard InChI is InChI=1S/C15H18N2O4S/c16-13(18)9-22-12-6-2-1-5-11(12)14(19)17-7-3-4-10(8-17)15(20)21/h1-2,5-6,10H,3-4,7-9H2,(H2,16,18)(H,20,21)/t10-/m0/s1. The molecule has 0 spiro atoms. The summed E-state index contributed by atoms with van der Waals surface area (Å²) in [7, 11) is 0. The van der Waals surface area contributed by atoms with Gasteiger partial charge in [-0.3, -0.25) is 14.4 Å². The SMILES string of the molecule is NC(=O)CSc1ccccc1C(=O)N1CCC[C@H](C(=O)O)C1. The molecule has 1 aliphatic heterocycles. The van der Waals surface area contributed by atoms with Gasteiger partial charge in [0.15, 0.2) is 0 Å². The quantitative estimate of drug-likeness (QED) is 0.793. The number of piperidine rings is 1. The number of nitrogens with two attached hydrogens (primary N) is 1. The van der Waals surface area contributed by atoms with Gasteiger partial charge >= 0.3 is 5.97 Å². The number of benzene rings is 1. The summed E-state index contributed by atoms with van der Waals surface area (Å²) in [4.78, 5) is 36.9. The number of thioether (sulfide) groups is 1. The molecule has 2 amide bonds. The van der Waals surface area contributed by atoms with E-state index in [1.165, 1.54) is 11.8 Å². The number of hydrogen-bond donors (Lipinski definition) is 2. The molecule has 1 aliphatic rings. The highest BCUT2D eigenvalue weighted by Crippen LogP contribution is 2.25. The van der Waals surface area contributed by atoms with Crippen LogP contribution < -0.4 is 5.73 Å². The fraction of sp³-hybridized carbons (Fsp3) is 0.400. The van der Waals surface area contributed by atoms with E-state index in [1.54, 1.807) is 29.2 Å². The molecule has 0 radical (unpaired) electrons. The van der Waals surface area contributed by atoms with Gasteiger partial charge in [0.25, 0.3) is 5.91 Å². The van der Waals surface area contributed by atoms with E-state index in [0.717, 1.165) is 0 Å². The van der Waals surface area contributed by atoms with Crippen LogP contribution in [-0.4, -0.2) is 46.6 Å². The number of hydrogen-bond acceptors (Lipinski definition) is 4. The number of primary amides is 1. The monoisotopic (exact) mass is 322 g/mol. The molecule has 3 N–H and O–H groups in total. The second-order valence-corrected chi connectivity index (χ2v) is 6.20. The van der Waals surface area contributed by atoms with Crippen molar-refractivity contribution in [2.24, 2.45) is 11.7 Å². The van der Waals surface area contributed by atoms with Crippen LogP contribution in [0.1, 0.15) is 23.2 Å². The summed E-state index contributed by atoms with van der Waals surface area (Å²) in [5.74, 6) is -1.92. The number of carboxylic acids is 1. The van der Waals surface area contributed by atoms with E-state index in [0.29, 0.717) is 29.8 Å². The first-order chi connectivity index (χ1) is 10.5. The maximum atomic E-state index is 12.6.